The van der Waals surface area contributed by atoms with Crippen LogP contribution in [-0.2, 0) is 4.79 Å². The molecule has 1 aliphatic rings. The number of hydrogen-bond acceptors (Lipinski definition) is 2. The monoisotopic (exact) mass is 240 g/mol. The summed E-state index contributed by atoms with van der Waals surface area (Å²) in [7, 11) is 0. The normalized spacial score (nSPS) is 19.7. The smallest absolute Gasteiger partial charge is 0.222 e. The lowest BCUT2D eigenvalue weighted by Gasteiger charge is -2.37. The third kappa shape index (κ3) is 4.66. The molecule has 0 bridgehead atoms. The molecule has 3 nitrogen and oxygen atoms in total. The van der Waals surface area contributed by atoms with Crippen molar-refractivity contribution in [2.24, 2.45) is 5.92 Å². The molecule has 3 heteroatoms. The van der Waals surface area contributed by atoms with E-state index in [9.17, 15) is 4.79 Å². The third-order valence-corrected chi connectivity index (χ3v) is 3.95. The van der Waals surface area contributed by atoms with E-state index in [1.807, 2.05) is 4.90 Å². The second-order valence-electron chi connectivity index (χ2n) is 5.56. The molecule has 0 radical (unpaired) electrons. The Kier molecular flexibility index (Phi) is 5.96. The van der Waals surface area contributed by atoms with E-state index in [0.717, 1.165) is 39.0 Å². The minimum atomic E-state index is 0.355. The summed E-state index contributed by atoms with van der Waals surface area (Å²) in [6.45, 7) is 12.8. The highest BCUT2D eigenvalue weighted by molar-refractivity contribution is 5.76. The fourth-order valence-electron chi connectivity index (χ4n) is 2.22. The highest BCUT2D eigenvalue weighted by Gasteiger charge is 2.22. The van der Waals surface area contributed by atoms with Gasteiger partial charge in [-0.05, 0) is 26.2 Å². The van der Waals surface area contributed by atoms with E-state index in [1.165, 1.54) is 6.42 Å². The molecule has 1 saturated heterocycles. The lowest BCUT2D eigenvalue weighted by molar-refractivity contribution is -0.133. The molecule has 1 aliphatic heterocycles. The topological polar surface area (TPSA) is 23.6 Å². The summed E-state index contributed by atoms with van der Waals surface area (Å²) in [6, 6.07) is 0.604. The molecule has 1 rings (SSSR count). The van der Waals surface area contributed by atoms with Crippen LogP contribution in [0, 0.1) is 5.92 Å². The molecule has 1 amide bonds. The SMILES string of the molecule is CCC(C)CCC(=O)N1CCN(C(C)C)CC1. The summed E-state index contributed by atoms with van der Waals surface area (Å²) in [4.78, 5) is 16.5. The first-order chi connectivity index (χ1) is 8.04. The number of piperazine rings is 1. The number of carbonyl (C=O) groups excluding carboxylic acids is 1. The van der Waals surface area contributed by atoms with E-state index < -0.39 is 0 Å². The second-order valence-corrected chi connectivity index (χ2v) is 5.56. The Hall–Kier alpha value is -0.570. The van der Waals surface area contributed by atoms with Gasteiger partial charge in [0.2, 0.25) is 5.91 Å². The van der Waals surface area contributed by atoms with E-state index in [1.54, 1.807) is 0 Å². The van der Waals surface area contributed by atoms with Gasteiger partial charge in [0.1, 0.15) is 0 Å². The minimum absolute atomic E-state index is 0.355. The summed E-state index contributed by atoms with van der Waals surface area (Å²) in [5.41, 5.74) is 0. The van der Waals surface area contributed by atoms with Gasteiger partial charge in [-0.3, -0.25) is 9.69 Å². The van der Waals surface area contributed by atoms with Crippen LogP contribution in [0.25, 0.3) is 0 Å². The van der Waals surface area contributed by atoms with Crippen LogP contribution in [-0.4, -0.2) is 47.9 Å². The molecule has 1 atom stereocenters. The van der Waals surface area contributed by atoms with E-state index in [4.69, 9.17) is 0 Å². The van der Waals surface area contributed by atoms with Crippen molar-refractivity contribution in [2.45, 2.75) is 53.0 Å². The Balaban J connectivity index is 2.26. The molecule has 1 heterocycles. The number of nitrogens with zero attached hydrogens (tertiary/aromatic N) is 2. The standard InChI is InChI=1S/C14H28N2O/c1-5-13(4)6-7-14(17)16-10-8-15(9-11-16)12(2)3/h12-13H,5-11H2,1-4H3. The van der Waals surface area contributed by atoms with E-state index in [0.29, 0.717) is 17.9 Å². The predicted octanol–water partition coefficient (Wildman–Crippen LogP) is 2.37. The average molecular weight is 240 g/mol. The number of carbonyl (C=O) groups is 1. The Morgan fingerprint density at radius 1 is 1.12 bits per heavy atom. The maximum Gasteiger partial charge on any atom is 0.222 e. The van der Waals surface area contributed by atoms with Gasteiger partial charge in [0, 0.05) is 38.6 Å². The molecule has 1 fully saturated rings. The van der Waals surface area contributed by atoms with Crippen molar-refractivity contribution in [3.63, 3.8) is 0 Å². The van der Waals surface area contributed by atoms with Crippen molar-refractivity contribution >= 4 is 5.91 Å². The minimum Gasteiger partial charge on any atom is -0.340 e. The zero-order valence-electron chi connectivity index (χ0n) is 11.9. The Labute approximate surface area is 106 Å². The van der Waals surface area contributed by atoms with Crippen LogP contribution >= 0.6 is 0 Å². The first-order valence-electron chi connectivity index (χ1n) is 7.06. The van der Waals surface area contributed by atoms with Crippen LogP contribution in [0.5, 0.6) is 0 Å². The Morgan fingerprint density at radius 2 is 1.71 bits per heavy atom. The highest BCUT2D eigenvalue weighted by atomic mass is 16.2. The van der Waals surface area contributed by atoms with E-state index in [2.05, 4.69) is 32.6 Å². The summed E-state index contributed by atoms with van der Waals surface area (Å²) in [5.74, 6) is 1.03. The zero-order valence-corrected chi connectivity index (χ0v) is 11.9. The number of hydrogen-bond donors (Lipinski definition) is 0. The second kappa shape index (κ2) is 7.00. The third-order valence-electron chi connectivity index (χ3n) is 3.95. The van der Waals surface area contributed by atoms with Crippen LogP contribution in [0.1, 0.15) is 47.0 Å². The average Bonchev–Trinajstić information content (AvgIpc) is 2.35. The maximum atomic E-state index is 12.0. The summed E-state index contributed by atoms with van der Waals surface area (Å²) >= 11 is 0. The molecule has 1 unspecified atom stereocenters. The maximum absolute atomic E-state index is 12.0. The molecule has 0 aromatic carbocycles. The molecule has 100 valence electrons. The van der Waals surface area contributed by atoms with E-state index >= 15 is 0 Å². The van der Waals surface area contributed by atoms with E-state index in [-0.39, 0.29) is 0 Å². The van der Waals surface area contributed by atoms with Crippen molar-refractivity contribution in [3.8, 4) is 0 Å². The molecular formula is C14H28N2O. The molecule has 0 aliphatic carbocycles. The largest absolute Gasteiger partial charge is 0.340 e. The first-order valence-corrected chi connectivity index (χ1v) is 7.06. The highest BCUT2D eigenvalue weighted by Crippen LogP contribution is 2.12. The molecule has 0 aromatic heterocycles. The summed E-state index contributed by atoms with van der Waals surface area (Å²) < 4.78 is 0. The quantitative estimate of drug-likeness (QED) is 0.736. The van der Waals surface area contributed by atoms with Crippen molar-refractivity contribution < 1.29 is 4.79 Å². The van der Waals surface area contributed by atoms with Gasteiger partial charge in [0.05, 0.1) is 0 Å². The molecular weight excluding hydrogens is 212 g/mol. The molecule has 0 aromatic rings. The zero-order chi connectivity index (χ0) is 12.8. The fraction of sp³-hybridized carbons (Fsp3) is 0.929. The van der Waals surface area contributed by atoms with Gasteiger partial charge in [0.15, 0.2) is 0 Å². The van der Waals surface area contributed by atoms with Gasteiger partial charge in [-0.25, -0.2) is 0 Å². The van der Waals surface area contributed by atoms with Crippen LogP contribution in [0.15, 0.2) is 0 Å². The van der Waals surface area contributed by atoms with Crippen molar-refractivity contribution in [3.05, 3.63) is 0 Å². The predicted molar refractivity (Wildman–Crippen MR) is 72.0 cm³/mol. The molecule has 17 heavy (non-hydrogen) atoms. The van der Waals surface area contributed by atoms with Crippen LogP contribution < -0.4 is 0 Å². The Morgan fingerprint density at radius 3 is 2.18 bits per heavy atom. The summed E-state index contributed by atoms with van der Waals surface area (Å²) in [5, 5.41) is 0. The number of rotatable bonds is 5. The van der Waals surface area contributed by atoms with Gasteiger partial charge in [-0.15, -0.1) is 0 Å². The molecule has 0 saturated carbocycles. The fourth-order valence-corrected chi connectivity index (χ4v) is 2.22. The van der Waals surface area contributed by atoms with Crippen LogP contribution in [0.2, 0.25) is 0 Å². The number of amides is 1. The lowest BCUT2D eigenvalue weighted by atomic mass is 10.0. The van der Waals surface area contributed by atoms with Gasteiger partial charge < -0.3 is 4.90 Å². The summed E-state index contributed by atoms with van der Waals surface area (Å²) in [6.07, 6.45) is 2.95. The first kappa shape index (κ1) is 14.5. The van der Waals surface area contributed by atoms with Gasteiger partial charge in [-0.2, -0.15) is 0 Å². The van der Waals surface area contributed by atoms with Gasteiger partial charge >= 0.3 is 0 Å². The van der Waals surface area contributed by atoms with Crippen molar-refractivity contribution in [1.29, 1.82) is 0 Å². The van der Waals surface area contributed by atoms with Crippen LogP contribution in [0.3, 0.4) is 0 Å². The van der Waals surface area contributed by atoms with Gasteiger partial charge in [0.25, 0.3) is 0 Å². The van der Waals surface area contributed by atoms with Gasteiger partial charge in [-0.1, -0.05) is 20.3 Å². The van der Waals surface area contributed by atoms with Crippen molar-refractivity contribution in [2.75, 3.05) is 26.2 Å². The van der Waals surface area contributed by atoms with Crippen LogP contribution in [0.4, 0.5) is 0 Å². The lowest BCUT2D eigenvalue weighted by Crippen LogP contribution is -2.50. The Bertz CT molecular complexity index is 232. The van der Waals surface area contributed by atoms with Crippen molar-refractivity contribution in [1.82, 2.24) is 9.80 Å². The molecule has 0 N–H and O–H groups in total. The molecule has 0 spiro atoms.